The molecule has 162 valence electrons. The highest BCUT2D eigenvalue weighted by Gasteiger charge is 2.64. The minimum atomic E-state index is -0.819. The fourth-order valence-electron chi connectivity index (χ4n) is 5.79. The zero-order valence-electron chi connectivity index (χ0n) is 17.6. The van der Waals surface area contributed by atoms with E-state index in [1.165, 1.54) is 6.92 Å². The number of ether oxygens (including phenoxy) is 2. The molecule has 3 atom stereocenters. The van der Waals surface area contributed by atoms with Gasteiger partial charge in [-0.1, -0.05) is 36.4 Å². The molecule has 7 nitrogen and oxygen atoms in total. The molecule has 1 aliphatic carbocycles. The lowest BCUT2D eigenvalue weighted by molar-refractivity contribution is -0.143. The van der Waals surface area contributed by atoms with Crippen molar-refractivity contribution in [1.29, 1.82) is 0 Å². The summed E-state index contributed by atoms with van der Waals surface area (Å²) in [4.78, 5) is 42.6. The Labute approximate surface area is 185 Å². The van der Waals surface area contributed by atoms with E-state index in [0.29, 0.717) is 24.6 Å². The Hall–Kier alpha value is -3.61. The SMILES string of the molecule is CC(=O)N1Cc2cc3c(cc2C24C=CC(=O)C[C@@H]2N(Cc2ccccc2)C(=O)[C@@H]14)OCO3. The molecular formula is C25H22N2O5. The number of allylic oxidation sites excluding steroid dienone is 1. The zero-order valence-corrected chi connectivity index (χ0v) is 17.6. The predicted octanol–water partition coefficient (Wildman–Crippen LogP) is 2.32. The first-order valence-corrected chi connectivity index (χ1v) is 10.8. The van der Waals surface area contributed by atoms with Gasteiger partial charge in [0, 0.05) is 26.4 Å². The van der Waals surface area contributed by atoms with Gasteiger partial charge < -0.3 is 19.3 Å². The minimum absolute atomic E-state index is 0.0191. The molecule has 2 aromatic carbocycles. The second-order valence-electron chi connectivity index (χ2n) is 8.82. The second kappa shape index (κ2) is 6.69. The quantitative estimate of drug-likeness (QED) is 0.731. The Balaban J connectivity index is 1.57. The van der Waals surface area contributed by atoms with Crippen molar-refractivity contribution >= 4 is 17.6 Å². The van der Waals surface area contributed by atoms with E-state index < -0.39 is 11.5 Å². The molecule has 0 bridgehead atoms. The summed E-state index contributed by atoms with van der Waals surface area (Å²) in [7, 11) is 0. The molecule has 1 spiro atoms. The van der Waals surface area contributed by atoms with Gasteiger partial charge in [-0.25, -0.2) is 0 Å². The van der Waals surface area contributed by atoms with Gasteiger partial charge in [0.25, 0.3) is 0 Å². The number of fused-ring (bicyclic) bond motifs is 2. The summed E-state index contributed by atoms with van der Waals surface area (Å²) >= 11 is 0. The van der Waals surface area contributed by atoms with Crippen LogP contribution in [-0.4, -0.2) is 46.3 Å². The van der Waals surface area contributed by atoms with Crippen LogP contribution in [0.5, 0.6) is 11.5 Å². The van der Waals surface area contributed by atoms with E-state index in [9.17, 15) is 14.4 Å². The number of amides is 2. The molecule has 1 unspecified atom stereocenters. The highest BCUT2D eigenvalue weighted by atomic mass is 16.7. The second-order valence-corrected chi connectivity index (χ2v) is 8.82. The predicted molar refractivity (Wildman–Crippen MR) is 114 cm³/mol. The molecular weight excluding hydrogens is 408 g/mol. The summed E-state index contributed by atoms with van der Waals surface area (Å²) < 4.78 is 11.2. The van der Waals surface area contributed by atoms with E-state index >= 15 is 0 Å². The normalized spacial score (nSPS) is 27.3. The van der Waals surface area contributed by atoms with Crippen molar-refractivity contribution in [2.45, 2.75) is 43.9 Å². The van der Waals surface area contributed by atoms with E-state index in [-0.39, 0.29) is 36.9 Å². The third kappa shape index (κ3) is 2.51. The van der Waals surface area contributed by atoms with Crippen molar-refractivity contribution in [1.82, 2.24) is 9.80 Å². The number of carbonyl (C=O) groups excluding carboxylic acids is 3. The van der Waals surface area contributed by atoms with Gasteiger partial charge in [-0.2, -0.15) is 0 Å². The minimum Gasteiger partial charge on any atom is -0.454 e. The van der Waals surface area contributed by atoms with Crippen LogP contribution in [0.3, 0.4) is 0 Å². The maximum atomic E-state index is 13.9. The molecule has 2 amide bonds. The van der Waals surface area contributed by atoms with Crippen molar-refractivity contribution in [3.05, 3.63) is 71.3 Å². The summed E-state index contributed by atoms with van der Waals surface area (Å²) in [6.45, 7) is 2.33. The Kier molecular flexibility index (Phi) is 4.00. The van der Waals surface area contributed by atoms with Crippen LogP contribution >= 0.6 is 0 Å². The van der Waals surface area contributed by atoms with E-state index in [2.05, 4.69) is 0 Å². The third-order valence-electron chi connectivity index (χ3n) is 7.15. The number of hydrogen-bond donors (Lipinski definition) is 0. The van der Waals surface area contributed by atoms with Crippen LogP contribution in [0, 0.1) is 0 Å². The molecule has 0 aromatic heterocycles. The van der Waals surface area contributed by atoms with Crippen molar-refractivity contribution < 1.29 is 23.9 Å². The Morgan fingerprint density at radius 1 is 1.12 bits per heavy atom. The first kappa shape index (κ1) is 19.1. The lowest BCUT2D eigenvalue weighted by atomic mass is 9.63. The molecule has 0 radical (unpaired) electrons. The summed E-state index contributed by atoms with van der Waals surface area (Å²) in [6, 6.07) is 12.5. The van der Waals surface area contributed by atoms with Crippen molar-refractivity contribution in [3.63, 3.8) is 0 Å². The summed E-state index contributed by atoms with van der Waals surface area (Å²) in [6.07, 6.45) is 3.64. The Morgan fingerprint density at radius 3 is 2.62 bits per heavy atom. The number of likely N-dealkylation sites (tertiary alicyclic amines) is 1. The average molecular weight is 430 g/mol. The van der Waals surface area contributed by atoms with Crippen molar-refractivity contribution in [2.75, 3.05) is 6.79 Å². The van der Waals surface area contributed by atoms with E-state index in [4.69, 9.17) is 9.47 Å². The molecule has 7 heteroatoms. The van der Waals surface area contributed by atoms with Crippen LogP contribution in [0.1, 0.15) is 30.0 Å². The summed E-state index contributed by atoms with van der Waals surface area (Å²) in [5.74, 6) is 0.953. The van der Waals surface area contributed by atoms with Gasteiger partial charge in [0.1, 0.15) is 6.04 Å². The van der Waals surface area contributed by atoms with Crippen molar-refractivity contribution in [3.8, 4) is 11.5 Å². The van der Waals surface area contributed by atoms with E-state index in [1.807, 2.05) is 48.5 Å². The van der Waals surface area contributed by atoms with Crippen molar-refractivity contribution in [2.24, 2.45) is 0 Å². The molecule has 0 N–H and O–H groups in total. The monoisotopic (exact) mass is 430 g/mol. The van der Waals surface area contributed by atoms with Crippen LogP contribution < -0.4 is 9.47 Å². The third-order valence-corrected chi connectivity index (χ3v) is 7.15. The molecule has 2 aromatic rings. The fraction of sp³-hybridized carbons (Fsp3) is 0.320. The van der Waals surface area contributed by atoms with E-state index in [1.54, 1.807) is 15.9 Å². The maximum Gasteiger partial charge on any atom is 0.247 e. The van der Waals surface area contributed by atoms with Gasteiger partial charge in [-0.05, 0) is 34.9 Å². The molecule has 1 fully saturated rings. The molecule has 32 heavy (non-hydrogen) atoms. The lowest BCUT2D eigenvalue weighted by Crippen LogP contribution is -2.58. The summed E-state index contributed by atoms with van der Waals surface area (Å²) in [5, 5.41) is 0. The average Bonchev–Trinajstić information content (AvgIpc) is 3.34. The Bertz CT molecular complexity index is 1190. The zero-order chi connectivity index (χ0) is 22.0. The fourth-order valence-corrected chi connectivity index (χ4v) is 5.79. The van der Waals surface area contributed by atoms with Gasteiger partial charge in [-0.3, -0.25) is 14.4 Å². The molecule has 0 saturated carbocycles. The van der Waals surface area contributed by atoms with Gasteiger partial charge in [0.2, 0.25) is 18.6 Å². The lowest BCUT2D eigenvalue weighted by Gasteiger charge is -2.47. The molecule has 3 aliphatic heterocycles. The summed E-state index contributed by atoms with van der Waals surface area (Å²) in [5.41, 5.74) is 2.01. The molecule has 4 aliphatic rings. The van der Waals surface area contributed by atoms with Gasteiger partial charge in [0.05, 0.1) is 11.5 Å². The maximum absolute atomic E-state index is 13.9. The molecule has 1 saturated heterocycles. The number of benzene rings is 2. The Morgan fingerprint density at radius 2 is 1.88 bits per heavy atom. The first-order valence-electron chi connectivity index (χ1n) is 10.8. The van der Waals surface area contributed by atoms with Gasteiger partial charge >= 0.3 is 0 Å². The number of nitrogens with zero attached hydrogens (tertiary/aromatic N) is 2. The van der Waals surface area contributed by atoms with Crippen LogP contribution in [0.15, 0.2) is 54.6 Å². The molecule has 6 rings (SSSR count). The van der Waals surface area contributed by atoms with Crippen LogP contribution in [-0.2, 0) is 32.9 Å². The number of rotatable bonds is 2. The highest BCUT2D eigenvalue weighted by molar-refractivity contribution is 5.99. The van der Waals surface area contributed by atoms with E-state index in [0.717, 1.165) is 16.7 Å². The number of carbonyl (C=O) groups is 3. The van der Waals surface area contributed by atoms with Crippen LogP contribution in [0.2, 0.25) is 0 Å². The smallest absolute Gasteiger partial charge is 0.247 e. The number of hydrogen-bond acceptors (Lipinski definition) is 5. The number of ketones is 1. The van der Waals surface area contributed by atoms with Crippen LogP contribution in [0.4, 0.5) is 0 Å². The molecule has 3 heterocycles. The van der Waals surface area contributed by atoms with Gasteiger partial charge in [0.15, 0.2) is 17.3 Å². The largest absolute Gasteiger partial charge is 0.454 e. The first-order chi connectivity index (χ1) is 15.5. The highest BCUT2D eigenvalue weighted by Crippen LogP contribution is 2.54. The topological polar surface area (TPSA) is 76.2 Å². The van der Waals surface area contributed by atoms with Crippen LogP contribution in [0.25, 0.3) is 0 Å². The standard InChI is InChI=1S/C25H22N2O5/c1-15(28)26-13-17-9-20-21(32-14-31-20)11-19(17)25-8-7-18(29)10-22(25)27(24(30)23(25)26)12-16-5-3-2-4-6-16/h2-9,11,22-23H,10,12-14H2,1H3/t22-,23+,25?/m0/s1. The van der Waals surface area contributed by atoms with Gasteiger partial charge in [-0.15, -0.1) is 0 Å².